The minimum Gasteiger partial charge on any atom is -0.487 e. The van der Waals surface area contributed by atoms with Gasteiger partial charge in [0.1, 0.15) is 29.1 Å². The zero-order chi connectivity index (χ0) is 29.4. The molecule has 0 aliphatic rings. The average molecular weight is 581 g/mol. The molecule has 6 nitrogen and oxygen atoms in total. The van der Waals surface area contributed by atoms with Gasteiger partial charge in [-0.05, 0) is 24.1 Å². The molecule has 4 rings (SSSR count). The fourth-order valence-corrected chi connectivity index (χ4v) is 5.01. The Bertz CT molecular complexity index is 1500. The van der Waals surface area contributed by atoms with Crippen LogP contribution in [0.5, 0.6) is 5.75 Å². The van der Waals surface area contributed by atoms with Crippen LogP contribution < -0.4 is 10.1 Å². The SMILES string of the molecule is CCc1sc(-c2ccccc2)nc1COc1ccc(C[C@H](NC(=CC(=O)c2ccccc2)C(F)(F)F)C(=O)O)cc1. The second kappa shape index (κ2) is 13.3. The smallest absolute Gasteiger partial charge is 0.431 e. The van der Waals surface area contributed by atoms with E-state index in [4.69, 9.17) is 9.72 Å². The second-order valence-electron chi connectivity index (χ2n) is 9.07. The van der Waals surface area contributed by atoms with Crippen LogP contribution in [0.3, 0.4) is 0 Å². The number of halogens is 3. The monoisotopic (exact) mass is 580 g/mol. The van der Waals surface area contributed by atoms with Crippen LogP contribution in [0.15, 0.2) is 96.7 Å². The Labute approximate surface area is 239 Å². The van der Waals surface area contributed by atoms with Gasteiger partial charge in [-0.3, -0.25) is 4.79 Å². The third-order valence-electron chi connectivity index (χ3n) is 6.13. The minimum absolute atomic E-state index is 0.0542. The summed E-state index contributed by atoms with van der Waals surface area (Å²) < 4.78 is 47.0. The fraction of sp³-hybridized carbons (Fsp3) is 0.194. The Morgan fingerprint density at radius 1 is 1.00 bits per heavy atom. The molecule has 212 valence electrons. The van der Waals surface area contributed by atoms with E-state index in [-0.39, 0.29) is 18.6 Å². The summed E-state index contributed by atoms with van der Waals surface area (Å²) in [5.74, 6) is -1.87. The van der Waals surface area contributed by atoms with E-state index in [0.717, 1.165) is 27.6 Å². The summed E-state index contributed by atoms with van der Waals surface area (Å²) in [5, 5.41) is 12.5. The van der Waals surface area contributed by atoms with Gasteiger partial charge in [-0.15, -0.1) is 11.3 Å². The maximum absolute atomic E-state index is 13.7. The van der Waals surface area contributed by atoms with Crippen LogP contribution in [-0.2, 0) is 24.2 Å². The molecule has 2 N–H and O–H groups in total. The van der Waals surface area contributed by atoms with Gasteiger partial charge in [-0.2, -0.15) is 13.2 Å². The number of hydrogen-bond acceptors (Lipinski definition) is 6. The van der Waals surface area contributed by atoms with Crippen molar-refractivity contribution in [3.8, 4) is 16.3 Å². The first kappa shape index (κ1) is 29.5. The van der Waals surface area contributed by atoms with Crippen LogP contribution in [0.4, 0.5) is 13.2 Å². The summed E-state index contributed by atoms with van der Waals surface area (Å²) in [7, 11) is 0. The number of nitrogens with one attached hydrogen (secondary N) is 1. The van der Waals surface area contributed by atoms with E-state index < -0.39 is 29.7 Å². The first-order valence-electron chi connectivity index (χ1n) is 12.8. The van der Waals surface area contributed by atoms with E-state index in [0.29, 0.717) is 17.4 Å². The number of ketones is 1. The quantitative estimate of drug-likeness (QED) is 0.141. The zero-order valence-electron chi connectivity index (χ0n) is 22.0. The van der Waals surface area contributed by atoms with E-state index in [1.54, 1.807) is 41.7 Å². The standard InChI is InChI=1S/C31H27F3N2O4S/c1-2-27-25(36-29(41-27)22-11-7-4-8-12-22)19-40-23-15-13-20(14-16-23)17-24(30(38)39)35-28(31(32,33)34)18-26(37)21-9-5-3-6-10-21/h3-16,18,24,35H,2,17,19H2,1H3,(H,38,39)/t24-/m0/s1. The molecule has 0 spiro atoms. The van der Waals surface area contributed by atoms with Gasteiger partial charge in [0.05, 0.1) is 5.69 Å². The number of ether oxygens (including phenoxy) is 1. The number of benzene rings is 3. The molecule has 0 radical (unpaired) electrons. The van der Waals surface area contributed by atoms with E-state index in [1.807, 2.05) is 42.6 Å². The third kappa shape index (κ3) is 8.04. The van der Waals surface area contributed by atoms with Crippen molar-refractivity contribution in [1.82, 2.24) is 10.3 Å². The van der Waals surface area contributed by atoms with E-state index >= 15 is 0 Å². The van der Waals surface area contributed by atoms with Crippen molar-refractivity contribution in [3.63, 3.8) is 0 Å². The summed E-state index contributed by atoms with van der Waals surface area (Å²) >= 11 is 1.61. The van der Waals surface area contributed by atoms with Gasteiger partial charge in [0.25, 0.3) is 0 Å². The van der Waals surface area contributed by atoms with E-state index in [1.165, 1.54) is 24.3 Å². The van der Waals surface area contributed by atoms with Gasteiger partial charge in [0.2, 0.25) is 0 Å². The minimum atomic E-state index is -4.96. The number of carboxylic acid groups (broad SMARTS) is 1. The highest BCUT2D eigenvalue weighted by molar-refractivity contribution is 7.15. The third-order valence-corrected chi connectivity index (χ3v) is 7.42. The van der Waals surface area contributed by atoms with E-state index in [9.17, 15) is 27.9 Å². The van der Waals surface area contributed by atoms with Crippen LogP contribution in [0, 0.1) is 0 Å². The summed E-state index contributed by atoms with van der Waals surface area (Å²) in [4.78, 5) is 30.0. The lowest BCUT2D eigenvalue weighted by atomic mass is 10.0. The highest BCUT2D eigenvalue weighted by atomic mass is 32.1. The molecule has 1 atom stereocenters. The number of hydrogen-bond donors (Lipinski definition) is 2. The van der Waals surface area contributed by atoms with E-state index in [2.05, 4.69) is 0 Å². The number of alkyl halides is 3. The predicted octanol–water partition coefficient (Wildman–Crippen LogP) is 6.87. The van der Waals surface area contributed by atoms with Crippen molar-refractivity contribution in [2.45, 2.75) is 38.6 Å². The average Bonchev–Trinajstić information content (AvgIpc) is 3.39. The van der Waals surface area contributed by atoms with Crippen LogP contribution in [0.2, 0.25) is 0 Å². The Morgan fingerprint density at radius 2 is 1.63 bits per heavy atom. The van der Waals surface area contributed by atoms with Gasteiger partial charge in [0, 0.05) is 28.5 Å². The van der Waals surface area contributed by atoms with Gasteiger partial charge in [-0.1, -0.05) is 79.7 Å². The molecule has 0 aliphatic carbocycles. The van der Waals surface area contributed by atoms with Gasteiger partial charge in [-0.25, -0.2) is 9.78 Å². The summed E-state index contributed by atoms with van der Waals surface area (Å²) in [6.45, 7) is 2.28. The molecular weight excluding hydrogens is 553 g/mol. The summed E-state index contributed by atoms with van der Waals surface area (Å²) in [6.07, 6.45) is -4.02. The number of aliphatic carboxylic acids is 1. The molecule has 10 heteroatoms. The topological polar surface area (TPSA) is 88.5 Å². The number of carbonyl (C=O) groups excluding carboxylic acids is 1. The van der Waals surface area contributed by atoms with Crippen LogP contribution in [0.1, 0.15) is 33.4 Å². The Morgan fingerprint density at radius 3 is 2.22 bits per heavy atom. The first-order chi connectivity index (χ1) is 19.6. The van der Waals surface area contributed by atoms with Crippen molar-refractivity contribution in [2.24, 2.45) is 0 Å². The number of rotatable bonds is 12. The molecule has 0 saturated carbocycles. The number of thiazole rings is 1. The summed E-state index contributed by atoms with van der Waals surface area (Å²) in [5.41, 5.74) is 0.953. The van der Waals surface area contributed by atoms with Gasteiger partial charge in [0.15, 0.2) is 5.78 Å². The van der Waals surface area contributed by atoms with Crippen LogP contribution in [-0.4, -0.2) is 34.1 Å². The molecule has 0 saturated heterocycles. The lowest BCUT2D eigenvalue weighted by Gasteiger charge is -2.20. The molecule has 4 aromatic rings. The number of nitrogens with zero attached hydrogens (tertiary/aromatic N) is 1. The predicted molar refractivity (Wildman–Crippen MR) is 151 cm³/mol. The maximum Gasteiger partial charge on any atom is 0.431 e. The Hall–Kier alpha value is -4.44. The Kier molecular flexibility index (Phi) is 9.57. The molecule has 3 aromatic carbocycles. The van der Waals surface area contributed by atoms with Crippen molar-refractivity contribution < 1.29 is 32.6 Å². The normalized spacial score (nSPS) is 12.5. The molecule has 1 aromatic heterocycles. The molecule has 0 aliphatic heterocycles. The van der Waals surface area contributed by atoms with Gasteiger partial charge >= 0.3 is 12.1 Å². The maximum atomic E-state index is 13.7. The molecule has 41 heavy (non-hydrogen) atoms. The summed E-state index contributed by atoms with van der Waals surface area (Å²) in [6, 6.07) is 22.1. The molecule has 0 fully saturated rings. The number of aryl methyl sites for hydroxylation is 1. The van der Waals surface area contributed by atoms with Crippen molar-refractivity contribution >= 4 is 23.1 Å². The van der Waals surface area contributed by atoms with Gasteiger partial charge < -0.3 is 15.2 Å². The number of allylic oxidation sites excluding steroid dienone is 2. The lowest BCUT2D eigenvalue weighted by Crippen LogP contribution is -2.42. The highest BCUT2D eigenvalue weighted by Crippen LogP contribution is 2.29. The molecule has 0 unspecified atom stereocenters. The van der Waals surface area contributed by atoms with Crippen molar-refractivity contribution in [1.29, 1.82) is 0 Å². The van der Waals surface area contributed by atoms with Crippen molar-refractivity contribution in [3.05, 3.63) is 118 Å². The second-order valence-corrected chi connectivity index (χ2v) is 10.2. The fourth-order valence-electron chi connectivity index (χ4n) is 4.00. The zero-order valence-corrected chi connectivity index (χ0v) is 22.8. The molecule has 0 amide bonds. The molecular formula is C31H27F3N2O4S. The van der Waals surface area contributed by atoms with Crippen molar-refractivity contribution in [2.75, 3.05) is 0 Å². The van der Waals surface area contributed by atoms with Crippen LogP contribution >= 0.6 is 11.3 Å². The van der Waals surface area contributed by atoms with Crippen LogP contribution in [0.25, 0.3) is 10.6 Å². The molecule has 0 bridgehead atoms. The number of carboxylic acids is 1. The first-order valence-corrected chi connectivity index (χ1v) is 13.6. The number of carbonyl (C=O) groups is 2. The highest BCUT2D eigenvalue weighted by Gasteiger charge is 2.37. The Balaban J connectivity index is 1.43. The largest absolute Gasteiger partial charge is 0.487 e. The number of aromatic nitrogens is 1. The lowest BCUT2D eigenvalue weighted by molar-refractivity contribution is -0.140. The molecule has 1 heterocycles.